The maximum atomic E-state index is 13.4. The summed E-state index contributed by atoms with van der Waals surface area (Å²) >= 11 is 0. The number of benzene rings is 1. The summed E-state index contributed by atoms with van der Waals surface area (Å²) in [4.78, 5) is 27.9. The minimum absolute atomic E-state index is 0.0213. The fraction of sp³-hybridized carbons (Fsp3) is 0.500. The van der Waals surface area contributed by atoms with Crippen molar-refractivity contribution in [2.24, 2.45) is 0 Å². The molecule has 0 spiro atoms. The van der Waals surface area contributed by atoms with Crippen LogP contribution in [-0.2, 0) is 19.7 Å². The molecular weight excluding hydrogens is 382 g/mol. The van der Waals surface area contributed by atoms with Gasteiger partial charge in [-0.1, -0.05) is 18.2 Å². The first-order valence-corrected chi connectivity index (χ1v) is 10.4. The van der Waals surface area contributed by atoms with Gasteiger partial charge in [0.05, 0.1) is 32.4 Å². The van der Waals surface area contributed by atoms with Gasteiger partial charge in [-0.3, -0.25) is 9.59 Å². The van der Waals surface area contributed by atoms with Crippen LogP contribution in [0.5, 0.6) is 11.5 Å². The molecule has 0 N–H and O–H groups in total. The highest BCUT2D eigenvalue weighted by atomic mass is 16.5. The standard InChI is InChI=1S/C24H31NO5/c1-5-11-24(17-8-9-21(29-3)22(14-17)30-4)12-10-20(26)19(15-24)23(27)25-13-6-7-18(25)16-28-2/h5,8-9,14-15,18H,1,6-7,10-13,16H2,2-4H3/t18-,24+/m0/s1. The first-order chi connectivity index (χ1) is 14.5. The molecule has 30 heavy (non-hydrogen) atoms. The van der Waals surface area contributed by atoms with Crippen LogP contribution in [0.15, 0.2) is 42.5 Å². The van der Waals surface area contributed by atoms with Crippen LogP contribution in [-0.4, -0.2) is 57.1 Å². The number of methoxy groups -OCH3 is 3. The SMILES string of the molecule is C=CC[C@]1(c2ccc(OC)c(OC)c2)C=C(C(=O)N2CCC[C@H]2COC)C(=O)CC1. The minimum atomic E-state index is -0.489. The van der Waals surface area contributed by atoms with Gasteiger partial charge in [0, 0.05) is 25.5 Å². The van der Waals surface area contributed by atoms with E-state index in [2.05, 4.69) is 6.58 Å². The van der Waals surface area contributed by atoms with Crippen LogP contribution in [0, 0.1) is 0 Å². The molecule has 0 saturated carbocycles. The van der Waals surface area contributed by atoms with Crippen molar-refractivity contribution >= 4 is 11.7 Å². The number of nitrogens with zero attached hydrogens (tertiary/aromatic N) is 1. The second-order valence-electron chi connectivity index (χ2n) is 7.95. The van der Waals surface area contributed by atoms with E-state index in [1.165, 1.54) is 0 Å². The summed E-state index contributed by atoms with van der Waals surface area (Å²) in [6.45, 7) is 5.06. The number of hydrogen-bond donors (Lipinski definition) is 0. The molecule has 162 valence electrons. The van der Waals surface area contributed by atoms with Crippen molar-refractivity contribution in [3.8, 4) is 11.5 Å². The van der Waals surface area contributed by atoms with Crippen LogP contribution in [0.2, 0.25) is 0 Å². The monoisotopic (exact) mass is 413 g/mol. The summed E-state index contributed by atoms with van der Waals surface area (Å²) < 4.78 is 16.1. The molecule has 1 aromatic carbocycles. The maximum Gasteiger partial charge on any atom is 0.257 e. The summed E-state index contributed by atoms with van der Waals surface area (Å²) in [6, 6.07) is 5.79. The smallest absolute Gasteiger partial charge is 0.257 e. The molecule has 3 rings (SSSR count). The number of ketones is 1. The molecule has 1 aliphatic heterocycles. The lowest BCUT2D eigenvalue weighted by Gasteiger charge is -2.36. The van der Waals surface area contributed by atoms with Crippen LogP contribution < -0.4 is 9.47 Å². The molecule has 6 heteroatoms. The predicted octanol–water partition coefficient (Wildman–Crippen LogP) is 3.44. The van der Waals surface area contributed by atoms with Gasteiger partial charge in [-0.2, -0.15) is 0 Å². The fourth-order valence-electron chi connectivity index (χ4n) is 4.61. The topological polar surface area (TPSA) is 65.1 Å². The zero-order chi connectivity index (χ0) is 21.7. The number of ether oxygens (including phenoxy) is 3. The van der Waals surface area contributed by atoms with Crippen molar-refractivity contribution in [3.63, 3.8) is 0 Å². The van der Waals surface area contributed by atoms with E-state index in [0.717, 1.165) is 18.4 Å². The average Bonchev–Trinajstić information content (AvgIpc) is 3.23. The molecule has 1 aromatic rings. The minimum Gasteiger partial charge on any atom is -0.493 e. The van der Waals surface area contributed by atoms with Crippen LogP contribution in [0.25, 0.3) is 0 Å². The molecule has 0 aromatic heterocycles. The van der Waals surface area contributed by atoms with Gasteiger partial charge in [-0.15, -0.1) is 6.58 Å². The number of carbonyl (C=O) groups is 2. The van der Waals surface area contributed by atoms with E-state index in [-0.39, 0.29) is 23.3 Å². The van der Waals surface area contributed by atoms with E-state index in [4.69, 9.17) is 14.2 Å². The van der Waals surface area contributed by atoms with Gasteiger partial charge in [0.25, 0.3) is 5.91 Å². The lowest BCUT2D eigenvalue weighted by atomic mass is 9.69. The van der Waals surface area contributed by atoms with Gasteiger partial charge in [0.1, 0.15) is 0 Å². The second-order valence-corrected chi connectivity index (χ2v) is 7.95. The zero-order valence-corrected chi connectivity index (χ0v) is 18.1. The van der Waals surface area contributed by atoms with Crippen molar-refractivity contribution in [1.82, 2.24) is 4.90 Å². The van der Waals surface area contributed by atoms with Crippen molar-refractivity contribution in [3.05, 3.63) is 48.1 Å². The van der Waals surface area contributed by atoms with E-state index < -0.39 is 5.41 Å². The van der Waals surface area contributed by atoms with E-state index in [1.54, 1.807) is 26.2 Å². The average molecular weight is 414 g/mol. The lowest BCUT2D eigenvalue weighted by molar-refractivity contribution is -0.131. The first-order valence-electron chi connectivity index (χ1n) is 10.4. The summed E-state index contributed by atoms with van der Waals surface area (Å²) in [5, 5.41) is 0. The Hall–Kier alpha value is -2.60. The van der Waals surface area contributed by atoms with Crippen molar-refractivity contribution in [1.29, 1.82) is 0 Å². The normalized spacial score (nSPS) is 23.8. The van der Waals surface area contributed by atoms with Gasteiger partial charge < -0.3 is 19.1 Å². The van der Waals surface area contributed by atoms with Crippen molar-refractivity contribution in [2.45, 2.75) is 43.6 Å². The zero-order valence-electron chi connectivity index (χ0n) is 18.1. The Morgan fingerprint density at radius 2 is 2.03 bits per heavy atom. The Labute approximate surface area is 178 Å². The van der Waals surface area contributed by atoms with Gasteiger partial charge in [0.15, 0.2) is 17.3 Å². The molecule has 2 atom stereocenters. The highest BCUT2D eigenvalue weighted by Gasteiger charge is 2.40. The number of amides is 1. The number of allylic oxidation sites excluding steroid dienone is 2. The molecule has 6 nitrogen and oxygen atoms in total. The molecule has 1 fully saturated rings. The quantitative estimate of drug-likeness (QED) is 0.482. The Balaban J connectivity index is 2.03. The van der Waals surface area contributed by atoms with Crippen molar-refractivity contribution < 1.29 is 23.8 Å². The number of hydrogen-bond acceptors (Lipinski definition) is 5. The van der Waals surface area contributed by atoms with Gasteiger partial charge >= 0.3 is 0 Å². The molecule has 0 bridgehead atoms. The van der Waals surface area contributed by atoms with Crippen LogP contribution in [0.3, 0.4) is 0 Å². The molecule has 1 heterocycles. The Kier molecular flexibility index (Phi) is 6.98. The van der Waals surface area contributed by atoms with E-state index in [1.807, 2.05) is 30.4 Å². The molecule has 1 saturated heterocycles. The number of Topliss-reactive ketones (excluding diaryl/α,β-unsaturated/α-hetero) is 1. The van der Waals surface area contributed by atoms with Crippen LogP contribution in [0.4, 0.5) is 0 Å². The van der Waals surface area contributed by atoms with E-state index in [9.17, 15) is 9.59 Å². The lowest BCUT2D eigenvalue weighted by Crippen LogP contribution is -2.42. The highest BCUT2D eigenvalue weighted by Crippen LogP contribution is 2.43. The molecule has 1 amide bonds. The third kappa shape index (κ3) is 4.15. The van der Waals surface area contributed by atoms with Gasteiger partial charge in [-0.05, 0) is 43.4 Å². The highest BCUT2D eigenvalue weighted by molar-refractivity contribution is 6.20. The van der Waals surface area contributed by atoms with Crippen LogP contribution in [0.1, 0.15) is 37.7 Å². The molecule has 2 aliphatic rings. The maximum absolute atomic E-state index is 13.4. The van der Waals surface area contributed by atoms with Gasteiger partial charge in [-0.25, -0.2) is 0 Å². The summed E-state index contributed by atoms with van der Waals surface area (Å²) in [7, 11) is 4.83. The Bertz CT molecular complexity index is 846. The van der Waals surface area contributed by atoms with E-state index in [0.29, 0.717) is 43.9 Å². The van der Waals surface area contributed by atoms with Crippen LogP contribution >= 0.6 is 0 Å². The molecule has 0 radical (unpaired) electrons. The van der Waals surface area contributed by atoms with Gasteiger partial charge in [0.2, 0.25) is 0 Å². The molecule has 1 aliphatic carbocycles. The third-order valence-electron chi connectivity index (χ3n) is 6.21. The number of carbonyl (C=O) groups excluding carboxylic acids is 2. The summed E-state index contributed by atoms with van der Waals surface area (Å²) in [5.74, 6) is 0.981. The predicted molar refractivity (Wildman–Crippen MR) is 115 cm³/mol. The summed E-state index contributed by atoms with van der Waals surface area (Å²) in [5.41, 5.74) is 0.769. The third-order valence-corrected chi connectivity index (χ3v) is 6.21. The Morgan fingerprint density at radius 1 is 1.27 bits per heavy atom. The number of rotatable bonds is 8. The van der Waals surface area contributed by atoms with E-state index >= 15 is 0 Å². The number of likely N-dealkylation sites (tertiary alicyclic amines) is 1. The van der Waals surface area contributed by atoms with Crippen molar-refractivity contribution in [2.75, 3.05) is 34.5 Å². The molecular formula is C24H31NO5. The Morgan fingerprint density at radius 3 is 2.70 bits per heavy atom. The largest absolute Gasteiger partial charge is 0.493 e. The molecule has 0 unspecified atom stereocenters. The fourth-order valence-corrected chi connectivity index (χ4v) is 4.61. The summed E-state index contributed by atoms with van der Waals surface area (Å²) in [6.07, 6.45) is 7.09. The first kappa shape index (κ1) is 22.1. The second kappa shape index (κ2) is 9.47.